The second-order valence-electron chi connectivity index (χ2n) is 6.67. The summed E-state index contributed by atoms with van der Waals surface area (Å²) in [6.07, 6.45) is 1.95. The quantitative estimate of drug-likeness (QED) is 0.761. The molecule has 0 radical (unpaired) electrons. The van der Waals surface area contributed by atoms with Crippen LogP contribution in [0.2, 0.25) is 0 Å². The summed E-state index contributed by atoms with van der Waals surface area (Å²) in [7, 11) is 2.11. The van der Waals surface area contributed by atoms with E-state index in [0.717, 1.165) is 5.69 Å². The molecule has 0 bridgehead atoms. The molecule has 2 heteroatoms. The first-order valence-corrected chi connectivity index (χ1v) is 7.92. The molecule has 0 saturated carbocycles. The van der Waals surface area contributed by atoms with Crippen LogP contribution in [0.25, 0.3) is 0 Å². The van der Waals surface area contributed by atoms with Gasteiger partial charge in [-0.05, 0) is 42.5 Å². The van der Waals surface area contributed by atoms with Crippen LogP contribution in [0.3, 0.4) is 0 Å². The molecular weight excluding hydrogens is 268 g/mol. The van der Waals surface area contributed by atoms with Gasteiger partial charge in [0.2, 0.25) is 0 Å². The zero-order valence-electron chi connectivity index (χ0n) is 14.1. The van der Waals surface area contributed by atoms with E-state index < -0.39 is 0 Å². The molecule has 3 rings (SSSR count). The van der Waals surface area contributed by atoms with Gasteiger partial charge >= 0.3 is 0 Å². The molecule has 2 nitrogen and oxygen atoms in total. The van der Waals surface area contributed by atoms with E-state index in [2.05, 4.69) is 87.1 Å². The molecule has 0 saturated heterocycles. The average Bonchev–Trinajstić information content (AvgIpc) is 2.51. The fourth-order valence-electron chi connectivity index (χ4n) is 3.32. The van der Waals surface area contributed by atoms with E-state index in [4.69, 9.17) is 0 Å². The number of aryl methyl sites for hydroxylation is 1. The molecule has 22 heavy (non-hydrogen) atoms. The predicted molar refractivity (Wildman–Crippen MR) is 94.1 cm³/mol. The zero-order chi connectivity index (χ0) is 15.9. The van der Waals surface area contributed by atoms with Gasteiger partial charge < -0.3 is 4.90 Å². The molecule has 2 aromatic carbocycles. The van der Waals surface area contributed by atoms with Crippen LogP contribution < -0.4 is 0 Å². The molecule has 0 aliphatic carbocycles. The molecule has 1 unspecified atom stereocenters. The molecule has 1 aliphatic rings. The molecule has 0 fully saturated rings. The SMILES string of the molecule is Cc1ccccc1C1(C)c2cc(C(C)C)ccc2N=CN1C. The van der Waals surface area contributed by atoms with Crippen LogP contribution in [-0.4, -0.2) is 18.3 Å². The molecule has 2 aromatic rings. The Morgan fingerprint density at radius 2 is 1.77 bits per heavy atom. The van der Waals surface area contributed by atoms with Crippen LogP contribution in [0, 0.1) is 6.92 Å². The van der Waals surface area contributed by atoms with Crippen molar-refractivity contribution in [3.63, 3.8) is 0 Å². The van der Waals surface area contributed by atoms with E-state index in [1.165, 1.54) is 22.3 Å². The highest BCUT2D eigenvalue weighted by atomic mass is 15.2. The Balaban J connectivity index is 2.27. The molecule has 0 aromatic heterocycles. The largest absolute Gasteiger partial charge is 0.352 e. The van der Waals surface area contributed by atoms with Gasteiger partial charge in [-0.3, -0.25) is 0 Å². The second-order valence-corrected chi connectivity index (χ2v) is 6.67. The summed E-state index contributed by atoms with van der Waals surface area (Å²) in [6, 6.07) is 15.3. The maximum atomic E-state index is 4.63. The van der Waals surface area contributed by atoms with E-state index in [9.17, 15) is 0 Å². The Hall–Kier alpha value is -2.09. The standard InChI is InChI=1S/C20H24N2/c1-14(2)16-10-11-19-18(12-16)20(4,22(5)13-21-19)17-9-7-6-8-15(17)3/h6-14H,1-5H3. The summed E-state index contributed by atoms with van der Waals surface area (Å²) in [4.78, 5) is 6.85. The summed E-state index contributed by atoms with van der Waals surface area (Å²) in [5.74, 6) is 0.516. The summed E-state index contributed by atoms with van der Waals surface area (Å²) in [5, 5.41) is 0. The highest BCUT2D eigenvalue weighted by Gasteiger charge is 2.37. The van der Waals surface area contributed by atoms with Crippen molar-refractivity contribution in [1.82, 2.24) is 4.90 Å². The van der Waals surface area contributed by atoms with Gasteiger partial charge in [0.1, 0.15) is 0 Å². The monoisotopic (exact) mass is 292 g/mol. The summed E-state index contributed by atoms with van der Waals surface area (Å²) < 4.78 is 0. The van der Waals surface area contributed by atoms with Crippen LogP contribution in [0.4, 0.5) is 5.69 Å². The minimum absolute atomic E-state index is 0.187. The van der Waals surface area contributed by atoms with Crippen LogP contribution in [0.1, 0.15) is 48.9 Å². The molecule has 114 valence electrons. The van der Waals surface area contributed by atoms with Crippen LogP contribution in [-0.2, 0) is 5.54 Å². The van der Waals surface area contributed by atoms with Gasteiger partial charge in [0.05, 0.1) is 17.6 Å². The second kappa shape index (κ2) is 5.28. The van der Waals surface area contributed by atoms with Gasteiger partial charge in [-0.1, -0.05) is 50.2 Å². The number of fused-ring (bicyclic) bond motifs is 1. The van der Waals surface area contributed by atoms with E-state index in [1.807, 2.05) is 6.34 Å². The summed E-state index contributed by atoms with van der Waals surface area (Å²) in [6.45, 7) is 8.96. The van der Waals surface area contributed by atoms with Gasteiger partial charge in [-0.2, -0.15) is 0 Å². The van der Waals surface area contributed by atoms with Crippen LogP contribution >= 0.6 is 0 Å². The molecule has 0 spiro atoms. The first-order valence-electron chi connectivity index (χ1n) is 7.92. The minimum atomic E-state index is -0.187. The Labute approximate surface area is 133 Å². The summed E-state index contributed by atoms with van der Waals surface area (Å²) in [5.41, 5.74) is 6.20. The first-order chi connectivity index (χ1) is 10.4. The maximum Gasteiger partial charge on any atom is 0.0919 e. The molecule has 0 N–H and O–H groups in total. The normalized spacial score (nSPS) is 20.4. The Kier molecular flexibility index (Phi) is 3.56. The average molecular weight is 292 g/mol. The van der Waals surface area contributed by atoms with Gasteiger partial charge in [0, 0.05) is 12.6 Å². The van der Waals surface area contributed by atoms with E-state index in [-0.39, 0.29) is 5.54 Å². The molecule has 1 aliphatic heterocycles. The van der Waals surface area contributed by atoms with Crippen molar-refractivity contribution in [2.45, 2.75) is 39.2 Å². The van der Waals surface area contributed by atoms with Gasteiger partial charge in [0.25, 0.3) is 0 Å². The molecule has 0 amide bonds. The van der Waals surface area contributed by atoms with Gasteiger partial charge in [-0.25, -0.2) is 4.99 Å². The van der Waals surface area contributed by atoms with Crippen molar-refractivity contribution in [2.75, 3.05) is 7.05 Å². The fraction of sp³-hybridized carbons (Fsp3) is 0.350. The van der Waals surface area contributed by atoms with Gasteiger partial charge in [0.15, 0.2) is 0 Å². The van der Waals surface area contributed by atoms with Crippen molar-refractivity contribution >= 4 is 12.0 Å². The number of aliphatic imine (C=N–C) groups is 1. The van der Waals surface area contributed by atoms with Crippen molar-refractivity contribution in [2.24, 2.45) is 4.99 Å². The van der Waals surface area contributed by atoms with E-state index >= 15 is 0 Å². The van der Waals surface area contributed by atoms with Crippen molar-refractivity contribution in [3.05, 3.63) is 64.7 Å². The number of hydrogen-bond acceptors (Lipinski definition) is 2. The lowest BCUT2D eigenvalue weighted by molar-refractivity contribution is 0.291. The molecular formula is C20H24N2. The van der Waals surface area contributed by atoms with Crippen molar-refractivity contribution in [3.8, 4) is 0 Å². The smallest absolute Gasteiger partial charge is 0.0919 e. The number of rotatable bonds is 2. The lowest BCUT2D eigenvalue weighted by Crippen LogP contribution is -2.43. The van der Waals surface area contributed by atoms with E-state index in [1.54, 1.807) is 0 Å². The lowest BCUT2D eigenvalue weighted by atomic mass is 9.78. The fourth-order valence-corrected chi connectivity index (χ4v) is 3.32. The highest BCUT2D eigenvalue weighted by molar-refractivity contribution is 5.72. The third kappa shape index (κ3) is 2.14. The third-order valence-corrected chi connectivity index (χ3v) is 4.96. The van der Waals surface area contributed by atoms with Crippen LogP contribution in [0.5, 0.6) is 0 Å². The molecule has 1 heterocycles. The summed E-state index contributed by atoms with van der Waals surface area (Å²) >= 11 is 0. The Morgan fingerprint density at radius 3 is 2.45 bits per heavy atom. The topological polar surface area (TPSA) is 15.6 Å². The minimum Gasteiger partial charge on any atom is -0.352 e. The van der Waals surface area contributed by atoms with Gasteiger partial charge in [-0.15, -0.1) is 0 Å². The van der Waals surface area contributed by atoms with Crippen molar-refractivity contribution < 1.29 is 0 Å². The maximum absolute atomic E-state index is 4.63. The Morgan fingerprint density at radius 1 is 1.05 bits per heavy atom. The molecule has 1 atom stereocenters. The number of benzene rings is 2. The predicted octanol–water partition coefficient (Wildman–Crippen LogP) is 4.99. The van der Waals surface area contributed by atoms with E-state index in [0.29, 0.717) is 5.92 Å². The first kappa shape index (κ1) is 14.8. The number of nitrogens with zero attached hydrogens (tertiary/aromatic N) is 2. The zero-order valence-corrected chi connectivity index (χ0v) is 14.1. The van der Waals surface area contributed by atoms with Crippen molar-refractivity contribution in [1.29, 1.82) is 0 Å². The Bertz CT molecular complexity index is 730. The lowest BCUT2D eigenvalue weighted by Gasteiger charge is -2.43. The highest BCUT2D eigenvalue weighted by Crippen LogP contribution is 2.43. The van der Waals surface area contributed by atoms with Crippen LogP contribution in [0.15, 0.2) is 47.5 Å². The third-order valence-electron chi connectivity index (χ3n) is 4.96. The number of hydrogen-bond donors (Lipinski definition) is 0.